The van der Waals surface area contributed by atoms with Crippen LogP contribution in [0.15, 0.2) is 53.5 Å². The van der Waals surface area contributed by atoms with Gasteiger partial charge in [-0.3, -0.25) is 9.59 Å². The largest absolute Gasteiger partial charge is 0.383 e. The predicted molar refractivity (Wildman–Crippen MR) is 140 cm³/mol. The molecule has 3 heterocycles. The second kappa shape index (κ2) is 10.7. The van der Waals surface area contributed by atoms with Gasteiger partial charge < -0.3 is 19.2 Å². The van der Waals surface area contributed by atoms with E-state index in [1.165, 1.54) is 0 Å². The van der Waals surface area contributed by atoms with Crippen LogP contribution >= 0.6 is 0 Å². The van der Waals surface area contributed by atoms with Gasteiger partial charge >= 0.3 is 0 Å². The standard InChI is InChI=1S/C27H32N6O3/c1-18(2)33-25(12-13-28-33)32-19(3)16-21(20(32)4)10-11-26(34)31(14-15-36-5)17-24-29-23-9-7-6-8-22(23)27(35)30-24/h6-13,16,18H,14-15,17H2,1-5H3,(H,29,30,35)/b11-10+. The highest BCUT2D eigenvalue weighted by molar-refractivity contribution is 5.92. The van der Waals surface area contributed by atoms with Crippen molar-refractivity contribution in [3.63, 3.8) is 0 Å². The van der Waals surface area contributed by atoms with Gasteiger partial charge in [-0.1, -0.05) is 12.1 Å². The summed E-state index contributed by atoms with van der Waals surface area (Å²) in [5, 5.41) is 4.97. The van der Waals surface area contributed by atoms with Crippen molar-refractivity contribution in [2.45, 2.75) is 40.3 Å². The minimum atomic E-state index is -0.224. The topological polar surface area (TPSA) is 98.0 Å². The number of benzene rings is 1. The van der Waals surface area contributed by atoms with Crippen molar-refractivity contribution in [3.8, 4) is 5.82 Å². The number of carbonyl (C=O) groups excluding carboxylic acids is 1. The van der Waals surface area contributed by atoms with E-state index in [2.05, 4.69) is 39.5 Å². The van der Waals surface area contributed by atoms with Crippen LogP contribution in [0.3, 0.4) is 0 Å². The Morgan fingerprint density at radius 2 is 2.00 bits per heavy atom. The third-order valence-electron chi connectivity index (χ3n) is 6.12. The third-order valence-corrected chi connectivity index (χ3v) is 6.12. The zero-order chi connectivity index (χ0) is 25.8. The number of nitrogens with zero attached hydrogens (tertiary/aromatic N) is 5. The highest BCUT2D eigenvalue weighted by atomic mass is 16.5. The van der Waals surface area contributed by atoms with E-state index < -0.39 is 0 Å². The summed E-state index contributed by atoms with van der Waals surface area (Å²) in [6.07, 6.45) is 5.18. The van der Waals surface area contributed by atoms with Gasteiger partial charge in [0.05, 0.1) is 30.3 Å². The first-order valence-electron chi connectivity index (χ1n) is 12.0. The Hall–Kier alpha value is -3.98. The highest BCUT2D eigenvalue weighted by Crippen LogP contribution is 2.23. The summed E-state index contributed by atoms with van der Waals surface area (Å²) in [4.78, 5) is 34.6. The number of para-hydroxylation sites is 1. The summed E-state index contributed by atoms with van der Waals surface area (Å²) in [7, 11) is 1.59. The van der Waals surface area contributed by atoms with Crippen LogP contribution in [-0.4, -0.2) is 55.4 Å². The molecule has 0 aliphatic carbocycles. The molecular formula is C27H32N6O3. The molecule has 9 heteroatoms. The van der Waals surface area contributed by atoms with Gasteiger partial charge in [-0.15, -0.1) is 0 Å². The molecule has 3 aromatic heterocycles. The molecule has 0 radical (unpaired) electrons. The summed E-state index contributed by atoms with van der Waals surface area (Å²) >= 11 is 0. The number of aromatic amines is 1. The van der Waals surface area contributed by atoms with Gasteiger partial charge in [0.1, 0.15) is 11.6 Å². The lowest BCUT2D eigenvalue weighted by Crippen LogP contribution is -2.33. The van der Waals surface area contributed by atoms with Crippen molar-refractivity contribution < 1.29 is 9.53 Å². The molecule has 0 saturated carbocycles. The number of carbonyl (C=O) groups is 1. The lowest BCUT2D eigenvalue weighted by atomic mass is 10.2. The Morgan fingerprint density at radius 1 is 1.22 bits per heavy atom. The molecular weight excluding hydrogens is 456 g/mol. The van der Waals surface area contributed by atoms with Crippen molar-refractivity contribution in [3.05, 3.63) is 81.8 Å². The van der Waals surface area contributed by atoms with Gasteiger partial charge in [0.25, 0.3) is 5.56 Å². The fourth-order valence-electron chi connectivity index (χ4n) is 4.32. The van der Waals surface area contributed by atoms with Crippen LogP contribution in [0.25, 0.3) is 22.8 Å². The van der Waals surface area contributed by atoms with Crippen LogP contribution in [-0.2, 0) is 16.1 Å². The van der Waals surface area contributed by atoms with Crippen molar-refractivity contribution in [1.82, 2.24) is 29.2 Å². The fourth-order valence-corrected chi connectivity index (χ4v) is 4.32. The van der Waals surface area contributed by atoms with E-state index in [4.69, 9.17) is 4.74 Å². The monoisotopic (exact) mass is 488 g/mol. The minimum absolute atomic E-state index is 0.166. The molecule has 0 atom stereocenters. The van der Waals surface area contributed by atoms with E-state index in [1.54, 1.807) is 42.5 Å². The van der Waals surface area contributed by atoms with E-state index in [0.29, 0.717) is 29.9 Å². The average Bonchev–Trinajstić information content (AvgIpc) is 3.44. The van der Waals surface area contributed by atoms with Crippen LogP contribution in [0.5, 0.6) is 0 Å². The zero-order valence-electron chi connectivity index (χ0n) is 21.4. The number of nitrogens with one attached hydrogen (secondary N) is 1. The van der Waals surface area contributed by atoms with E-state index in [1.807, 2.05) is 36.7 Å². The van der Waals surface area contributed by atoms with Gasteiger partial charge in [0.15, 0.2) is 0 Å². The molecule has 0 aliphatic heterocycles. The van der Waals surface area contributed by atoms with Gasteiger partial charge in [-0.05, 0) is 57.5 Å². The predicted octanol–water partition coefficient (Wildman–Crippen LogP) is 3.80. The maximum Gasteiger partial charge on any atom is 0.258 e. The van der Waals surface area contributed by atoms with E-state index in [-0.39, 0.29) is 24.1 Å². The van der Waals surface area contributed by atoms with Crippen molar-refractivity contribution in [2.24, 2.45) is 0 Å². The Balaban J connectivity index is 1.59. The summed E-state index contributed by atoms with van der Waals surface area (Å²) in [5.74, 6) is 1.22. The van der Waals surface area contributed by atoms with Crippen LogP contribution in [0.4, 0.5) is 0 Å². The SMILES string of the molecule is COCCN(Cc1nc2ccccc2c(=O)[nH]1)C(=O)/C=C/c1cc(C)n(-c2ccnn2C(C)C)c1C. The zero-order valence-corrected chi connectivity index (χ0v) is 21.4. The molecule has 9 nitrogen and oxygen atoms in total. The Bertz CT molecular complexity index is 1460. The first kappa shape index (κ1) is 25.1. The number of methoxy groups -OCH3 is 1. The fraction of sp³-hybridized carbons (Fsp3) is 0.333. The minimum Gasteiger partial charge on any atom is -0.383 e. The summed E-state index contributed by atoms with van der Waals surface area (Å²) in [6.45, 7) is 9.15. The Morgan fingerprint density at radius 3 is 2.75 bits per heavy atom. The molecule has 0 saturated heterocycles. The lowest BCUT2D eigenvalue weighted by molar-refractivity contribution is -0.127. The molecule has 0 bridgehead atoms. The second-order valence-corrected chi connectivity index (χ2v) is 9.01. The second-order valence-electron chi connectivity index (χ2n) is 9.01. The molecule has 4 aromatic rings. The van der Waals surface area contributed by atoms with Gasteiger partial charge in [-0.2, -0.15) is 5.10 Å². The molecule has 1 aromatic carbocycles. The molecule has 0 unspecified atom stereocenters. The first-order valence-corrected chi connectivity index (χ1v) is 12.0. The molecule has 1 amide bonds. The van der Waals surface area contributed by atoms with Crippen LogP contribution in [0, 0.1) is 13.8 Å². The molecule has 36 heavy (non-hydrogen) atoms. The summed E-state index contributed by atoms with van der Waals surface area (Å²) in [6, 6.07) is 11.4. The molecule has 1 N–H and O–H groups in total. The average molecular weight is 489 g/mol. The van der Waals surface area contributed by atoms with Crippen molar-refractivity contribution in [2.75, 3.05) is 20.3 Å². The van der Waals surface area contributed by atoms with Crippen LogP contribution in [0.2, 0.25) is 0 Å². The molecule has 0 spiro atoms. The Kier molecular flexibility index (Phi) is 7.49. The molecule has 0 fully saturated rings. The quantitative estimate of drug-likeness (QED) is 0.362. The van der Waals surface area contributed by atoms with Crippen LogP contribution in [0.1, 0.15) is 42.7 Å². The van der Waals surface area contributed by atoms with E-state index in [0.717, 1.165) is 22.8 Å². The number of amides is 1. The number of aromatic nitrogens is 5. The van der Waals surface area contributed by atoms with E-state index >= 15 is 0 Å². The number of fused-ring (bicyclic) bond motifs is 1. The lowest BCUT2D eigenvalue weighted by Gasteiger charge is -2.20. The summed E-state index contributed by atoms with van der Waals surface area (Å²) < 4.78 is 9.32. The van der Waals surface area contributed by atoms with E-state index in [9.17, 15) is 9.59 Å². The molecule has 0 aliphatic rings. The number of hydrogen-bond acceptors (Lipinski definition) is 5. The highest BCUT2D eigenvalue weighted by Gasteiger charge is 2.17. The normalized spacial score (nSPS) is 11.7. The number of H-pyrrole nitrogens is 1. The van der Waals surface area contributed by atoms with Gasteiger partial charge in [-0.25, -0.2) is 9.67 Å². The molecule has 4 rings (SSSR count). The molecule has 188 valence electrons. The smallest absolute Gasteiger partial charge is 0.258 e. The first-order chi connectivity index (χ1) is 17.3. The van der Waals surface area contributed by atoms with Crippen LogP contribution < -0.4 is 5.56 Å². The maximum atomic E-state index is 13.2. The number of ether oxygens (including phenoxy) is 1. The summed E-state index contributed by atoms with van der Waals surface area (Å²) in [5.41, 5.74) is 3.39. The van der Waals surface area contributed by atoms with Gasteiger partial charge in [0.2, 0.25) is 5.91 Å². The maximum absolute atomic E-state index is 13.2. The third kappa shape index (κ3) is 5.16. The van der Waals surface area contributed by atoms with Crippen molar-refractivity contribution in [1.29, 1.82) is 0 Å². The van der Waals surface area contributed by atoms with Crippen molar-refractivity contribution >= 4 is 22.9 Å². The number of hydrogen-bond donors (Lipinski definition) is 1. The Labute approximate surface area is 210 Å². The number of rotatable bonds is 9. The van der Waals surface area contributed by atoms with Gasteiger partial charge in [0, 0.05) is 43.2 Å². The number of aryl methyl sites for hydroxylation is 1.